The molecule has 0 saturated carbocycles. The van der Waals surface area contributed by atoms with Crippen LogP contribution in [0.5, 0.6) is 0 Å². The summed E-state index contributed by atoms with van der Waals surface area (Å²) in [6.45, 7) is 15.8. The fraction of sp³-hybridized carbons (Fsp3) is 0.652. The van der Waals surface area contributed by atoms with Crippen molar-refractivity contribution in [1.29, 1.82) is 0 Å². The number of ether oxygens (including phenoxy) is 1. The number of nitrogens with zero attached hydrogens (tertiary/aromatic N) is 5. The highest BCUT2D eigenvalue weighted by molar-refractivity contribution is 5.76. The van der Waals surface area contributed by atoms with Crippen LogP contribution in [-0.2, 0) is 16.0 Å². The zero-order valence-electron chi connectivity index (χ0n) is 20.2. The maximum atomic E-state index is 12.4. The van der Waals surface area contributed by atoms with E-state index in [9.17, 15) is 9.59 Å². The number of carbonyl (C=O) groups excluding carboxylic acids is 2. The molecular formula is C23H36N6O3. The van der Waals surface area contributed by atoms with E-state index in [1.165, 1.54) is 0 Å². The van der Waals surface area contributed by atoms with Gasteiger partial charge in [0.1, 0.15) is 5.60 Å². The van der Waals surface area contributed by atoms with Gasteiger partial charge in [-0.15, -0.1) is 0 Å². The van der Waals surface area contributed by atoms with E-state index in [4.69, 9.17) is 4.74 Å². The number of rotatable bonds is 6. The Labute approximate surface area is 190 Å². The molecule has 2 amide bonds. The Balaban J connectivity index is 1.39. The number of carbonyl (C=O) groups is 2. The minimum Gasteiger partial charge on any atom is -0.444 e. The lowest BCUT2D eigenvalue weighted by atomic mass is 10.1. The van der Waals surface area contributed by atoms with Crippen LogP contribution < -0.4 is 5.32 Å². The normalized spacial score (nSPS) is 15.2. The van der Waals surface area contributed by atoms with E-state index < -0.39 is 5.60 Å². The number of piperazine rings is 1. The minimum absolute atomic E-state index is 0.0351. The molecule has 0 spiro atoms. The predicted molar refractivity (Wildman–Crippen MR) is 123 cm³/mol. The van der Waals surface area contributed by atoms with Crippen LogP contribution in [0.25, 0.3) is 5.65 Å². The minimum atomic E-state index is -0.477. The molecule has 1 fully saturated rings. The van der Waals surface area contributed by atoms with Crippen molar-refractivity contribution < 1.29 is 14.3 Å². The van der Waals surface area contributed by atoms with Crippen molar-refractivity contribution >= 4 is 17.6 Å². The van der Waals surface area contributed by atoms with Gasteiger partial charge in [-0.2, -0.15) is 5.10 Å². The Morgan fingerprint density at radius 1 is 1.12 bits per heavy atom. The van der Waals surface area contributed by atoms with Crippen LogP contribution in [0.3, 0.4) is 0 Å². The highest BCUT2D eigenvalue weighted by Crippen LogP contribution is 2.17. The zero-order valence-corrected chi connectivity index (χ0v) is 20.2. The maximum Gasteiger partial charge on any atom is 0.410 e. The van der Waals surface area contributed by atoms with Gasteiger partial charge in [-0.1, -0.05) is 0 Å². The second-order valence-electron chi connectivity index (χ2n) is 9.48. The Bertz CT molecular complexity index is 970. The summed E-state index contributed by atoms with van der Waals surface area (Å²) in [5, 5.41) is 7.51. The standard InChI is InChI=1S/C23H36N6O3/c1-16-15-20-25-17(2)19(18(3)29(20)26-16)7-8-21(30)24-9-10-27-11-13-28(14-12-27)22(31)32-23(4,5)6/h15H,7-14H2,1-6H3,(H,24,30). The highest BCUT2D eigenvalue weighted by atomic mass is 16.6. The van der Waals surface area contributed by atoms with Crippen molar-refractivity contribution in [3.8, 4) is 0 Å². The van der Waals surface area contributed by atoms with E-state index >= 15 is 0 Å². The molecule has 3 rings (SSSR count). The van der Waals surface area contributed by atoms with Gasteiger partial charge in [0, 0.05) is 63.1 Å². The molecule has 3 heterocycles. The van der Waals surface area contributed by atoms with Crippen molar-refractivity contribution in [2.75, 3.05) is 39.3 Å². The number of nitrogens with one attached hydrogen (secondary N) is 1. The van der Waals surface area contributed by atoms with Gasteiger partial charge >= 0.3 is 6.09 Å². The fourth-order valence-electron chi connectivity index (χ4n) is 3.96. The van der Waals surface area contributed by atoms with Crippen molar-refractivity contribution in [1.82, 2.24) is 29.7 Å². The molecule has 0 aliphatic carbocycles. The van der Waals surface area contributed by atoms with Crippen LogP contribution in [0, 0.1) is 20.8 Å². The first kappa shape index (κ1) is 24.0. The van der Waals surface area contributed by atoms with Gasteiger partial charge in [-0.3, -0.25) is 9.69 Å². The van der Waals surface area contributed by atoms with Gasteiger partial charge in [-0.05, 0) is 53.5 Å². The first-order valence-electron chi connectivity index (χ1n) is 11.3. The van der Waals surface area contributed by atoms with Gasteiger partial charge in [0.05, 0.1) is 5.69 Å². The van der Waals surface area contributed by atoms with Crippen molar-refractivity contribution in [2.45, 2.75) is 60.0 Å². The van der Waals surface area contributed by atoms with Crippen molar-refractivity contribution in [3.63, 3.8) is 0 Å². The average molecular weight is 445 g/mol. The van der Waals surface area contributed by atoms with Gasteiger partial charge in [-0.25, -0.2) is 14.3 Å². The highest BCUT2D eigenvalue weighted by Gasteiger charge is 2.25. The summed E-state index contributed by atoms with van der Waals surface area (Å²) in [6.07, 6.45) is 0.801. The van der Waals surface area contributed by atoms with Gasteiger partial charge in [0.15, 0.2) is 5.65 Å². The number of hydrogen-bond donors (Lipinski definition) is 1. The van der Waals surface area contributed by atoms with Crippen molar-refractivity contribution in [2.24, 2.45) is 0 Å². The van der Waals surface area contributed by atoms with Crippen LogP contribution in [0.4, 0.5) is 4.79 Å². The summed E-state index contributed by atoms with van der Waals surface area (Å²) in [6, 6.07) is 1.96. The van der Waals surface area contributed by atoms with E-state index in [1.54, 1.807) is 4.90 Å². The third-order valence-corrected chi connectivity index (χ3v) is 5.66. The number of aromatic nitrogens is 3. The summed E-state index contributed by atoms with van der Waals surface area (Å²) < 4.78 is 7.29. The van der Waals surface area contributed by atoms with Gasteiger partial charge in [0.2, 0.25) is 5.91 Å². The SMILES string of the molecule is Cc1cc2nc(C)c(CCC(=O)NCCN3CCN(C(=O)OC(C)(C)C)CC3)c(C)n2n1. The molecule has 2 aromatic rings. The van der Waals surface area contributed by atoms with E-state index in [0.717, 1.165) is 47.9 Å². The number of hydrogen-bond acceptors (Lipinski definition) is 6. The van der Waals surface area contributed by atoms with E-state index in [2.05, 4.69) is 20.3 Å². The molecule has 176 valence electrons. The van der Waals surface area contributed by atoms with Gasteiger partial charge < -0.3 is 15.0 Å². The van der Waals surface area contributed by atoms with E-state index in [-0.39, 0.29) is 12.0 Å². The molecule has 0 aromatic carbocycles. The molecule has 1 aliphatic rings. The summed E-state index contributed by atoms with van der Waals surface area (Å²) in [5.41, 5.74) is 4.37. The molecule has 9 nitrogen and oxygen atoms in total. The number of aryl methyl sites for hydroxylation is 3. The summed E-state index contributed by atoms with van der Waals surface area (Å²) >= 11 is 0. The molecule has 1 aliphatic heterocycles. The smallest absolute Gasteiger partial charge is 0.410 e. The van der Waals surface area contributed by atoms with Crippen molar-refractivity contribution in [3.05, 3.63) is 28.7 Å². The Hall–Kier alpha value is -2.68. The third kappa shape index (κ3) is 6.18. The lowest BCUT2D eigenvalue weighted by Crippen LogP contribution is -2.51. The largest absolute Gasteiger partial charge is 0.444 e. The van der Waals surface area contributed by atoms with E-state index in [0.29, 0.717) is 32.5 Å². The van der Waals surface area contributed by atoms with Gasteiger partial charge in [0.25, 0.3) is 0 Å². The number of fused-ring (bicyclic) bond motifs is 1. The molecule has 0 atom stereocenters. The molecular weight excluding hydrogens is 408 g/mol. The molecule has 0 bridgehead atoms. The van der Waals surface area contributed by atoms with E-state index in [1.807, 2.05) is 52.1 Å². The lowest BCUT2D eigenvalue weighted by molar-refractivity contribution is -0.121. The molecule has 0 radical (unpaired) electrons. The maximum absolute atomic E-state index is 12.4. The Morgan fingerprint density at radius 2 is 1.81 bits per heavy atom. The Kier molecular flexibility index (Phi) is 7.38. The monoisotopic (exact) mass is 444 g/mol. The molecule has 32 heavy (non-hydrogen) atoms. The van der Waals surface area contributed by atoms with Crippen LogP contribution in [0.1, 0.15) is 49.8 Å². The summed E-state index contributed by atoms with van der Waals surface area (Å²) in [5.74, 6) is 0.0351. The summed E-state index contributed by atoms with van der Waals surface area (Å²) in [4.78, 5) is 33.2. The Morgan fingerprint density at radius 3 is 2.47 bits per heavy atom. The van der Waals surface area contributed by atoms with Crippen LogP contribution in [-0.4, -0.2) is 81.3 Å². The zero-order chi connectivity index (χ0) is 23.5. The molecule has 9 heteroatoms. The molecule has 2 aromatic heterocycles. The second kappa shape index (κ2) is 9.85. The quantitative estimate of drug-likeness (QED) is 0.735. The number of amides is 2. The third-order valence-electron chi connectivity index (χ3n) is 5.66. The topological polar surface area (TPSA) is 92.1 Å². The van der Waals surface area contributed by atoms with Crippen LogP contribution >= 0.6 is 0 Å². The molecule has 0 unspecified atom stereocenters. The lowest BCUT2D eigenvalue weighted by Gasteiger charge is -2.35. The second-order valence-corrected chi connectivity index (χ2v) is 9.48. The first-order valence-corrected chi connectivity index (χ1v) is 11.3. The molecule has 1 saturated heterocycles. The van der Waals surface area contributed by atoms with Crippen LogP contribution in [0.15, 0.2) is 6.07 Å². The predicted octanol–water partition coefficient (Wildman–Crippen LogP) is 2.26. The average Bonchev–Trinajstić information content (AvgIpc) is 3.07. The first-order chi connectivity index (χ1) is 15.0. The summed E-state index contributed by atoms with van der Waals surface area (Å²) in [7, 11) is 0. The van der Waals surface area contributed by atoms with Crippen LogP contribution in [0.2, 0.25) is 0 Å². The molecule has 1 N–H and O–H groups in total. The fourth-order valence-corrected chi connectivity index (χ4v) is 3.96.